The Labute approximate surface area is 82.0 Å². The summed E-state index contributed by atoms with van der Waals surface area (Å²) in [5.41, 5.74) is 0. The molecule has 0 aliphatic carbocycles. The van der Waals surface area contributed by atoms with Gasteiger partial charge in [0.05, 0.1) is 13.0 Å². The van der Waals surface area contributed by atoms with Gasteiger partial charge in [-0.05, 0) is 6.92 Å². The highest BCUT2D eigenvalue weighted by Gasteiger charge is 2.03. The van der Waals surface area contributed by atoms with Crippen molar-refractivity contribution in [2.45, 2.75) is 19.9 Å². The molecule has 1 aromatic rings. The van der Waals surface area contributed by atoms with Gasteiger partial charge in [0, 0.05) is 13.6 Å². The normalized spacial score (nSPS) is 10.4. The van der Waals surface area contributed by atoms with Gasteiger partial charge in [-0.25, -0.2) is 0 Å². The predicted molar refractivity (Wildman–Crippen MR) is 49.7 cm³/mol. The van der Waals surface area contributed by atoms with E-state index in [0.29, 0.717) is 13.1 Å². The summed E-state index contributed by atoms with van der Waals surface area (Å²) in [6.45, 7) is 2.86. The number of aryl methyl sites for hydroxylation is 1. The van der Waals surface area contributed by atoms with Gasteiger partial charge in [0.25, 0.3) is 0 Å². The molecule has 1 heterocycles. The second-order valence-electron chi connectivity index (χ2n) is 3.04. The lowest BCUT2D eigenvalue weighted by Gasteiger charge is -2.02. The van der Waals surface area contributed by atoms with Gasteiger partial charge in [0.15, 0.2) is 0 Å². The van der Waals surface area contributed by atoms with Crippen LogP contribution in [0.2, 0.25) is 0 Å². The van der Waals surface area contributed by atoms with Crippen LogP contribution in [0, 0.1) is 6.92 Å². The lowest BCUT2D eigenvalue weighted by atomic mass is 10.4. The molecular weight excluding hydrogens is 184 g/mol. The number of hydrogen-bond donors (Lipinski definition) is 2. The van der Waals surface area contributed by atoms with Crippen LogP contribution in [0.1, 0.15) is 18.1 Å². The number of aliphatic carboxylic acids is 1. The Morgan fingerprint density at radius 3 is 2.79 bits per heavy atom. The van der Waals surface area contributed by atoms with Crippen LogP contribution < -0.4 is 5.32 Å². The zero-order valence-electron chi connectivity index (χ0n) is 8.32. The van der Waals surface area contributed by atoms with Gasteiger partial charge >= 0.3 is 5.97 Å². The summed E-state index contributed by atoms with van der Waals surface area (Å²) >= 11 is 0. The molecule has 0 aliphatic rings. The van der Waals surface area contributed by atoms with E-state index in [0.717, 1.165) is 11.6 Å². The van der Waals surface area contributed by atoms with Crippen LogP contribution in [0.25, 0.3) is 0 Å². The molecule has 0 radical (unpaired) electrons. The molecule has 0 unspecified atom stereocenters. The summed E-state index contributed by atoms with van der Waals surface area (Å²) in [6, 6.07) is 0. The third-order valence-corrected chi connectivity index (χ3v) is 1.98. The van der Waals surface area contributed by atoms with E-state index in [2.05, 4.69) is 15.5 Å². The average molecular weight is 198 g/mol. The molecule has 0 fully saturated rings. The van der Waals surface area contributed by atoms with Crippen molar-refractivity contribution in [2.75, 3.05) is 6.54 Å². The fourth-order valence-electron chi connectivity index (χ4n) is 1.00. The Bertz CT molecular complexity index is 321. The summed E-state index contributed by atoms with van der Waals surface area (Å²) in [5.74, 6) is 0.861. The first-order valence-corrected chi connectivity index (χ1v) is 4.38. The Morgan fingerprint density at radius 2 is 2.29 bits per heavy atom. The van der Waals surface area contributed by atoms with Crippen molar-refractivity contribution in [3.05, 3.63) is 11.6 Å². The molecule has 1 rings (SSSR count). The van der Waals surface area contributed by atoms with Crippen LogP contribution >= 0.6 is 0 Å². The van der Waals surface area contributed by atoms with Crippen molar-refractivity contribution in [2.24, 2.45) is 7.05 Å². The maximum absolute atomic E-state index is 10.2. The third-order valence-electron chi connectivity index (χ3n) is 1.98. The molecule has 0 amide bonds. The third kappa shape index (κ3) is 2.81. The maximum Gasteiger partial charge on any atom is 0.304 e. The second-order valence-corrected chi connectivity index (χ2v) is 3.04. The molecule has 0 saturated heterocycles. The van der Waals surface area contributed by atoms with Crippen LogP contribution in [0.15, 0.2) is 0 Å². The van der Waals surface area contributed by atoms with Gasteiger partial charge in [-0.2, -0.15) is 0 Å². The summed E-state index contributed by atoms with van der Waals surface area (Å²) in [6.07, 6.45) is 0.122. The van der Waals surface area contributed by atoms with Crippen LogP contribution in [0.3, 0.4) is 0 Å². The van der Waals surface area contributed by atoms with E-state index < -0.39 is 5.97 Å². The number of nitrogens with zero attached hydrogens (tertiary/aromatic N) is 3. The Morgan fingerprint density at radius 1 is 1.57 bits per heavy atom. The van der Waals surface area contributed by atoms with E-state index in [1.807, 2.05) is 18.5 Å². The first-order valence-electron chi connectivity index (χ1n) is 4.38. The maximum atomic E-state index is 10.2. The molecule has 78 valence electrons. The molecule has 6 heteroatoms. The Balaban J connectivity index is 2.31. The van der Waals surface area contributed by atoms with Gasteiger partial charge in [-0.1, -0.05) is 0 Å². The van der Waals surface area contributed by atoms with Crippen LogP contribution in [-0.4, -0.2) is 32.4 Å². The Kier molecular flexibility index (Phi) is 3.58. The number of carboxylic acid groups (broad SMARTS) is 1. The van der Waals surface area contributed by atoms with Crippen LogP contribution in [0.5, 0.6) is 0 Å². The molecule has 0 aliphatic heterocycles. The predicted octanol–water partition coefficient (Wildman–Crippen LogP) is -0.312. The van der Waals surface area contributed by atoms with Gasteiger partial charge in [-0.15, -0.1) is 10.2 Å². The zero-order valence-corrected chi connectivity index (χ0v) is 8.32. The molecular formula is C8H14N4O2. The fourth-order valence-corrected chi connectivity index (χ4v) is 1.00. The molecule has 0 spiro atoms. The summed E-state index contributed by atoms with van der Waals surface area (Å²) < 4.78 is 1.87. The van der Waals surface area contributed by atoms with Crippen LogP contribution in [-0.2, 0) is 18.4 Å². The van der Waals surface area contributed by atoms with Gasteiger partial charge in [-0.3, -0.25) is 4.79 Å². The number of hydrogen-bond acceptors (Lipinski definition) is 4. The highest BCUT2D eigenvalue weighted by Crippen LogP contribution is 1.96. The summed E-state index contributed by atoms with van der Waals surface area (Å²) in [5, 5.41) is 19.2. The smallest absolute Gasteiger partial charge is 0.304 e. The number of carboxylic acids is 1. The molecule has 0 saturated carbocycles. The van der Waals surface area contributed by atoms with E-state index >= 15 is 0 Å². The van der Waals surface area contributed by atoms with E-state index in [4.69, 9.17) is 5.11 Å². The summed E-state index contributed by atoms with van der Waals surface area (Å²) in [4.78, 5) is 10.2. The molecule has 2 N–H and O–H groups in total. The van der Waals surface area contributed by atoms with Crippen molar-refractivity contribution in [1.82, 2.24) is 20.1 Å². The molecule has 0 aromatic carbocycles. The van der Waals surface area contributed by atoms with Gasteiger partial charge in [0.1, 0.15) is 11.6 Å². The molecule has 1 aromatic heterocycles. The Hall–Kier alpha value is -1.43. The minimum Gasteiger partial charge on any atom is -0.481 e. The first kappa shape index (κ1) is 10.6. The van der Waals surface area contributed by atoms with E-state index in [1.165, 1.54) is 0 Å². The number of rotatable bonds is 5. The highest BCUT2D eigenvalue weighted by molar-refractivity contribution is 5.66. The number of aromatic nitrogens is 3. The topological polar surface area (TPSA) is 80.0 Å². The van der Waals surface area contributed by atoms with Crippen molar-refractivity contribution < 1.29 is 9.90 Å². The number of carbonyl (C=O) groups is 1. The first-order chi connectivity index (χ1) is 6.61. The minimum atomic E-state index is -0.799. The standard InChI is InChI=1S/C8H14N4O2/c1-6-10-11-7(12(6)2)5-9-4-3-8(13)14/h9H,3-5H2,1-2H3,(H,13,14). The molecule has 0 atom stereocenters. The summed E-state index contributed by atoms with van der Waals surface area (Å²) in [7, 11) is 1.88. The largest absolute Gasteiger partial charge is 0.481 e. The highest BCUT2D eigenvalue weighted by atomic mass is 16.4. The minimum absolute atomic E-state index is 0.122. The number of nitrogens with one attached hydrogen (secondary N) is 1. The van der Waals surface area contributed by atoms with E-state index in [9.17, 15) is 4.79 Å². The monoisotopic (exact) mass is 198 g/mol. The van der Waals surface area contributed by atoms with E-state index in [1.54, 1.807) is 0 Å². The molecule has 0 bridgehead atoms. The SMILES string of the molecule is Cc1nnc(CNCCC(=O)O)n1C. The van der Waals surface area contributed by atoms with Crippen molar-refractivity contribution in [1.29, 1.82) is 0 Å². The lowest BCUT2D eigenvalue weighted by Crippen LogP contribution is -2.19. The lowest BCUT2D eigenvalue weighted by molar-refractivity contribution is -0.136. The van der Waals surface area contributed by atoms with Gasteiger partial charge in [0.2, 0.25) is 0 Å². The van der Waals surface area contributed by atoms with Crippen molar-refractivity contribution in [3.63, 3.8) is 0 Å². The molecule has 6 nitrogen and oxygen atoms in total. The van der Waals surface area contributed by atoms with E-state index in [-0.39, 0.29) is 6.42 Å². The van der Waals surface area contributed by atoms with Crippen LogP contribution in [0.4, 0.5) is 0 Å². The van der Waals surface area contributed by atoms with Crippen molar-refractivity contribution >= 4 is 5.97 Å². The molecule has 14 heavy (non-hydrogen) atoms. The zero-order chi connectivity index (χ0) is 10.6. The fraction of sp³-hybridized carbons (Fsp3) is 0.625. The second kappa shape index (κ2) is 4.71. The quantitative estimate of drug-likeness (QED) is 0.634. The average Bonchev–Trinajstić information content (AvgIpc) is 2.43. The van der Waals surface area contributed by atoms with Crippen molar-refractivity contribution in [3.8, 4) is 0 Å². The van der Waals surface area contributed by atoms with Gasteiger partial charge < -0.3 is 15.0 Å².